The van der Waals surface area contributed by atoms with Crippen molar-refractivity contribution < 1.29 is 31.1 Å². The lowest BCUT2D eigenvalue weighted by atomic mass is 9.97. The number of fused-ring (bicyclic) bond motifs is 3. The number of benzene rings is 1. The minimum Gasteiger partial charge on any atom is -0.325 e. The van der Waals surface area contributed by atoms with Crippen LogP contribution in [0.4, 0.5) is 32.0 Å². The van der Waals surface area contributed by atoms with Gasteiger partial charge < -0.3 is 5.32 Å². The Morgan fingerprint density at radius 2 is 1.75 bits per heavy atom. The first-order valence-corrected chi connectivity index (χ1v) is 12.6. The van der Waals surface area contributed by atoms with Crippen LogP contribution in [0, 0.1) is 0 Å². The number of carbonyl (C=O) groups is 1. The van der Waals surface area contributed by atoms with Gasteiger partial charge in [-0.25, -0.2) is 4.98 Å². The SMILES string of the molecule is C=CCn1c(SCC(=O)Nc2cc(C(F)(F)F)cc(C(F)(F)F)c2)nc2sc3c(c2c1=O)CCCC3. The third-order valence-corrected chi connectivity index (χ3v) is 7.72. The van der Waals surface area contributed by atoms with Crippen LogP contribution in [0.25, 0.3) is 10.2 Å². The molecule has 2 aromatic heterocycles. The highest BCUT2D eigenvalue weighted by atomic mass is 32.2. The Balaban J connectivity index is 1.59. The van der Waals surface area contributed by atoms with Crippen LogP contribution in [-0.2, 0) is 36.5 Å². The van der Waals surface area contributed by atoms with Gasteiger partial charge in [0.05, 0.1) is 22.3 Å². The number of alkyl halides is 6. The van der Waals surface area contributed by atoms with Gasteiger partial charge in [0, 0.05) is 17.1 Å². The third kappa shape index (κ3) is 5.46. The van der Waals surface area contributed by atoms with E-state index in [1.807, 2.05) is 0 Å². The topological polar surface area (TPSA) is 64.0 Å². The van der Waals surface area contributed by atoms with Crippen molar-refractivity contribution in [2.75, 3.05) is 11.1 Å². The molecule has 0 fully saturated rings. The number of rotatable bonds is 6. The van der Waals surface area contributed by atoms with E-state index in [1.165, 1.54) is 22.0 Å². The summed E-state index contributed by atoms with van der Waals surface area (Å²) in [6, 6.07) is 0.857. The summed E-state index contributed by atoms with van der Waals surface area (Å²) in [7, 11) is 0. The van der Waals surface area contributed by atoms with Gasteiger partial charge >= 0.3 is 12.4 Å². The highest BCUT2D eigenvalue weighted by Crippen LogP contribution is 2.38. The summed E-state index contributed by atoms with van der Waals surface area (Å²) in [5.41, 5.74) is -2.98. The first-order valence-electron chi connectivity index (χ1n) is 10.8. The van der Waals surface area contributed by atoms with Gasteiger partial charge in [0.1, 0.15) is 4.83 Å². The molecule has 1 aromatic carbocycles. The lowest BCUT2D eigenvalue weighted by molar-refractivity contribution is -0.143. The van der Waals surface area contributed by atoms with E-state index in [4.69, 9.17) is 0 Å². The van der Waals surface area contributed by atoms with Crippen LogP contribution in [0.1, 0.15) is 34.4 Å². The number of nitrogens with zero attached hydrogens (tertiary/aromatic N) is 2. The zero-order chi connectivity index (χ0) is 26.3. The van der Waals surface area contributed by atoms with Crippen LogP contribution in [0.2, 0.25) is 0 Å². The zero-order valence-electron chi connectivity index (χ0n) is 18.6. The summed E-state index contributed by atoms with van der Waals surface area (Å²) >= 11 is 2.29. The molecule has 0 atom stereocenters. The lowest BCUT2D eigenvalue weighted by Crippen LogP contribution is -2.24. The van der Waals surface area contributed by atoms with Crippen molar-refractivity contribution >= 4 is 44.9 Å². The molecule has 36 heavy (non-hydrogen) atoms. The number of hydrogen-bond acceptors (Lipinski definition) is 5. The minimum absolute atomic E-state index is 0.0157. The second-order valence-electron chi connectivity index (χ2n) is 8.12. The second-order valence-corrected chi connectivity index (χ2v) is 10.1. The maximum atomic E-state index is 13.2. The maximum Gasteiger partial charge on any atom is 0.416 e. The van der Waals surface area contributed by atoms with Crippen LogP contribution in [0.15, 0.2) is 40.8 Å². The van der Waals surface area contributed by atoms with Crippen LogP contribution >= 0.6 is 23.1 Å². The van der Waals surface area contributed by atoms with E-state index in [9.17, 15) is 35.9 Å². The Bertz CT molecular complexity index is 1360. The molecule has 4 rings (SSSR count). The first-order chi connectivity index (χ1) is 16.9. The quantitative estimate of drug-likeness (QED) is 0.171. The molecule has 0 radical (unpaired) electrons. The van der Waals surface area contributed by atoms with Crippen molar-refractivity contribution in [1.29, 1.82) is 0 Å². The zero-order valence-corrected chi connectivity index (χ0v) is 20.2. The van der Waals surface area contributed by atoms with Gasteiger partial charge in [0.15, 0.2) is 5.16 Å². The summed E-state index contributed by atoms with van der Waals surface area (Å²) in [6.45, 7) is 3.77. The number of nitrogens with one attached hydrogen (secondary N) is 1. The Morgan fingerprint density at radius 1 is 1.11 bits per heavy atom. The highest BCUT2D eigenvalue weighted by Gasteiger charge is 2.37. The number of thiophene rings is 1. The minimum atomic E-state index is -5.03. The van der Waals surface area contributed by atoms with Gasteiger partial charge in [-0.15, -0.1) is 17.9 Å². The number of halogens is 6. The molecule has 3 aromatic rings. The molecule has 0 saturated carbocycles. The number of aromatic nitrogens is 2. The third-order valence-electron chi connectivity index (χ3n) is 5.56. The van der Waals surface area contributed by atoms with Crippen molar-refractivity contribution in [2.45, 2.75) is 49.7 Å². The molecule has 1 N–H and O–H groups in total. The van der Waals surface area contributed by atoms with Crippen molar-refractivity contribution in [1.82, 2.24) is 9.55 Å². The number of hydrogen-bond donors (Lipinski definition) is 1. The Morgan fingerprint density at radius 3 is 2.36 bits per heavy atom. The number of amides is 1. The molecular formula is C23H19F6N3O2S2. The Hall–Kier alpha value is -2.80. The average Bonchev–Trinajstić information content (AvgIpc) is 3.17. The van der Waals surface area contributed by atoms with Crippen LogP contribution in [0.3, 0.4) is 0 Å². The number of aryl methyl sites for hydroxylation is 2. The molecule has 1 amide bonds. The average molecular weight is 548 g/mol. The number of thioether (sulfide) groups is 1. The van der Waals surface area contributed by atoms with E-state index in [0.29, 0.717) is 22.3 Å². The summed E-state index contributed by atoms with van der Waals surface area (Å²) in [6.07, 6.45) is -4.93. The molecular weight excluding hydrogens is 528 g/mol. The fraction of sp³-hybridized carbons (Fsp3) is 0.348. The van der Waals surface area contributed by atoms with Crippen molar-refractivity contribution in [2.24, 2.45) is 0 Å². The summed E-state index contributed by atoms with van der Waals surface area (Å²) in [5.74, 6) is -1.24. The smallest absolute Gasteiger partial charge is 0.325 e. The fourth-order valence-electron chi connectivity index (χ4n) is 3.97. The molecule has 2 heterocycles. The van der Waals surface area contributed by atoms with Crippen LogP contribution in [0.5, 0.6) is 0 Å². The number of carbonyl (C=O) groups excluding carboxylic acids is 1. The molecule has 13 heteroatoms. The predicted molar refractivity (Wildman–Crippen MR) is 127 cm³/mol. The van der Waals surface area contributed by atoms with E-state index >= 15 is 0 Å². The van der Waals surface area contributed by atoms with E-state index < -0.39 is 40.8 Å². The molecule has 192 valence electrons. The Labute approximate surface area is 209 Å². The standard InChI is InChI=1S/C23H19F6N3O2S2/c1-2-7-32-20(34)18-15-5-3-4-6-16(15)36-19(18)31-21(32)35-11-17(33)30-14-9-12(22(24,25)26)8-13(10-14)23(27,28)29/h2,8-10H,1,3-7,11H2,(H,30,33). The molecule has 1 aliphatic carbocycles. The van der Waals surface area contributed by atoms with Crippen LogP contribution in [-0.4, -0.2) is 21.2 Å². The lowest BCUT2D eigenvalue weighted by Gasteiger charge is -2.15. The van der Waals surface area contributed by atoms with Gasteiger partial charge in [-0.1, -0.05) is 17.8 Å². The van der Waals surface area contributed by atoms with E-state index in [2.05, 4.69) is 16.9 Å². The number of anilines is 1. The van der Waals surface area contributed by atoms with Crippen molar-refractivity contribution in [3.8, 4) is 0 Å². The van der Waals surface area contributed by atoms with Gasteiger partial charge in [0.2, 0.25) is 5.91 Å². The predicted octanol–water partition coefficient (Wildman–Crippen LogP) is 6.29. The number of allylic oxidation sites excluding steroid dienone is 1. The van der Waals surface area contributed by atoms with Crippen molar-refractivity contribution in [3.05, 3.63) is 62.8 Å². The van der Waals surface area contributed by atoms with E-state index in [-0.39, 0.29) is 23.3 Å². The first kappa shape index (κ1) is 26.3. The molecule has 0 aliphatic heterocycles. The summed E-state index contributed by atoms with van der Waals surface area (Å²) in [5, 5.41) is 2.85. The van der Waals surface area contributed by atoms with Crippen LogP contribution < -0.4 is 10.9 Å². The monoisotopic (exact) mass is 547 g/mol. The largest absolute Gasteiger partial charge is 0.416 e. The molecule has 5 nitrogen and oxygen atoms in total. The fourth-order valence-corrected chi connectivity index (χ4v) is 6.09. The van der Waals surface area contributed by atoms with Gasteiger partial charge in [-0.2, -0.15) is 26.3 Å². The Kier molecular flexibility index (Phi) is 7.24. The van der Waals surface area contributed by atoms with Gasteiger partial charge in [-0.3, -0.25) is 14.2 Å². The molecule has 1 aliphatic rings. The summed E-state index contributed by atoms with van der Waals surface area (Å²) in [4.78, 5) is 31.9. The highest BCUT2D eigenvalue weighted by molar-refractivity contribution is 7.99. The maximum absolute atomic E-state index is 13.2. The molecule has 0 unspecified atom stereocenters. The van der Waals surface area contributed by atoms with E-state index in [1.54, 1.807) is 0 Å². The van der Waals surface area contributed by atoms with Gasteiger partial charge in [0.25, 0.3) is 5.56 Å². The van der Waals surface area contributed by atoms with Gasteiger partial charge in [-0.05, 0) is 49.4 Å². The molecule has 0 bridgehead atoms. The van der Waals surface area contributed by atoms with Crippen molar-refractivity contribution in [3.63, 3.8) is 0 Å². The molecule has 0 spiro atoms. The molecule has 0 saturated heterocycles. The normalized spacial score (nSPS) is 14.1. The van der Waals surface area contributed by atoms with E-state index in [0.717, 1.165) is 47.9 Å². The summed E-state index contributed by atoms with van der Waals surface area (Å²) < 4.78 is 79.8. The second kappa shape index (κ2) is 9.92.